The monoisotopic (exact) mass is 277 g/mol. The van der Waals surface area contributed by atoms with E-state index in [-0.39, 0.29) is 5.25 Å². The maximum absolute atomic E-state index is 12.5. The Morgan fingerprint density at radius 2 is 1.95 bits per heavy atom. The van der Waals surface area contributed by atoms with Crippen molar-refractivity contribution in [3.05, 3.63) is 28.8 Å². The summed E-state index contributed by atoms with van der Waals surface area (Å²) in [5.74, 6) is 0. The van der Waals surface area contributed by atoms with Gasteiger partial charge >= 0.3 is 0 Å². The molecule has 104 valence electrons. The minimum atomic E-state index is -0.828. The molecule has 0 aromatic heterocycles. The van der Waals surface area contributed by atoms with Gasteiger partial charge in [-0.1, -0.05) is 26.8 Å². The van der Waals surface area contributed by atoms with Gasteiger partial charge in [-0.15, -0.1) is 0 Å². The van der Waals surface area contributed by atoms with E-state index in [0.717, 1.165) is 17.7 Å². The van der Waals surface area contributed by atoms with Crippen molar-refractivity contribution in [3.63, 3.8) is 0 Å². The van der Waals surface area contributed by atoms with E-state index in [9.17, 15) is 4.21 Å². The van der Waals surface area contributed by atoms with Crippen molar-refractivity contribution in [1.29, 1.82) is 0 Å². The molecular formula is C16H23NOS. The second kappa shape index (κ2) is 5.02. The molecule has 0 saturated carbocycles. The lowest BCUT2D eigenvalue weighted by molar-refractivity contribution is 0.436. The first-order chi connectivity index (χ1) is 9.06. The van der Waals surface area contributed by atoms with Crippen LogP contribution >= 0.6 is 0 Å². The number of hydrogen-bond acceptors (Lipinski definition) is 2. The van der Waals surface area contributed by atoms with E-state index in [0.29, 0.717) is 12.1 Å². The highest BCUT2D eigenvalue weighted by molar-refractivity contribution is 7.85. The standard InChI is InChI=1S/C16H23NOS/c1-10(2)17-15-7-11(3)19(18)16-9-13-6-4-5-12(13)8-14(15)16/h8-11,15,17H,4-7H2,1-3H3. The molecule has 0 fully saturated rings. The highest BCUT2D eigenvalue weighted by Crippen LogP contribution is 2.38. The molecule has 0 spiro atoms. The van der Waals surface area contributed by atoms with Gasteiger partial charge in [-0.25, -0.2) is 0 Å². The Morgan fingerprint density at radius 3 is 2.63 bits per heavy atom. The third kappa shape index (κ3) is 2.38. The molecule has 0 saturated heterocycles. The fraction of sp³-hybridized carbons (Fsp3) is 0.625. The van der Waals surface area contributed by atoms with Gasteiger partial charge in [0.15, 0.2) is 0 Å². The molecule has 0 amide bonds. The molecule has 1 aromatic carbocycles. The summed E-state index contributed by atoms with van der Waals surface area (Å²) in [6.45, 7) is 6.48. The lowest BCUT2D eigenvalue weighted by Crippen LogP contribution is -2.35. The van der Waals surface area contributed by atoms with Gasteiger partial charge in [0.2, 0.25) is 0 Å². The van der Waals surface area contributed by atoms with E-state index in [2.05, 4.69) is 38.2 Å². The van der Waals surface area contributed by atoms with Gasteiger partial charge < -0.3 is 5.32 Å². The van der Waals surface area contributed by atoms with Crippen LogP contribution in [0.4, 0.5) is 0 Å². The number of aryl methyl sites for hydroxylation is 2. The van der Waals surface area contributed by atoms with E-state index in [1.807, 2.05) is 0 Å². The average Bonchev–Trinajstić information content (AvgIpc) is 2.80. The molecule has 1 N–H and O–H groups in total. The van der Waals surface area contributed by atoms with Crippen LogP contribution in [0.1, 0.15) is 56.3 Å². The highest BCUT2D eigenvalue weighted by atomic mass is 32.2. The van der Waals surface area contributed by atoms with E-state index in [1.165, 1.54) is 29.5 Å². The number of fused-ring (bicyclic) bond motifs is 2. The van der Waals surface area contributed by atoms with Crippen molar-refractivity contribution < 1.29 is 4.21 Å². The van der Waals surface area contributed by atoms with Gasteiger partial charge in [-0.05, 0) is 48.4 Å². The lowest BCUT2D eigenvalue weighted by atomic mass is 9.96. The van der Waals surface area contributed by atoms with Gasteiger partial charge in [0, 0.05) is 22.2 Å². The molecule has 1 heterocycles. The zero-order valence-corrected chi connectivity index (χ0v) is 12.8. The van der Waals surface area contributed by atoms with E-state index in [4.69, 9.17) is 0 Å². The summed E-state index contributed by atoms with van der Waals surface area (Å²) < 4.78 is 12.5. The molecule has 0 radical (unpaired) electrons. The largest absolute Gasteiger partial charge is 0.308 e. The van der Waals surface area contributed by atoms with Crippen LogP contribution in [0.15, 0.2) is 17.0 Å². The van der Waals surface area contributed by atoms with Crippen LogP contribution in [0, 0.1) is 0 Å². The molecule has 0 bridgehead atoms. The molecule has 2 aliphatic rings. The maximum atomic E-state index is 12.5. The Labute approximate surface area is 118 Å². The number of rotatable bonds is 2. The zero-order chi connectivity index (χ0) is 13.6. The average molecular weight is 277 g/mol. The molecule has 1 aliphatic carbocycles. The van der Waals surface area contributed by atoms with Crippen LogP contribution in [0.5, 0.6) is 0 Å². The molecule has 19 heavy (non-hydrogen) atoms. The van der Waals surface area contributed by atoms with Crippen LogP contribution in [0.2, 0.25) is 0 Å². The summed E-state index contributed by atoms with van der Waals surface area (Å²) in [4.78, 5) is 1.09. The van der Waals surface area contributed by atoms with Crippen molar-refractivity contribution in [2.24, 2.45) is 0 Å². The molecule has 1 aromatic rings. The first kappa shape index (κ1) is 13.3. The fourth-order valence-corrected chi connectivity index (χ4v) is 4.88. The smallest absolute Gasteiger partial charge is 0.0562 e. The molecule has 3 heteroatoms. The Bertz CT molecular complexity index is 524. The first-order valence-corrected chi connectivity index (χ1v) is 8.60. The second-order valence-electron chi connectivity index (χ2n) is 6.23. The zero-order valence-electron chi connectivity index (χ0n) is 12.0. The van der Waals surface area contributed by atoms with Crippen molar-refractivity contribution in [2.75, 3.05) is 0 Å². The second-order valence-corrected chi connectivity index (χ2v) is 8.07. The Kier molecular flexibility index (Phi) is 3.52. The number of benzene rings is 1. The van der Waals surface area contributed by atoms with E-state index < -0.39 is 10.8 Å². The SMILES string of the molecule is CC(C)NC1CC(C)S(=O)c2cc3c(cc21)CCC3. The third-order valence-electron chi connectivity index (χ3n) is 4.28. The lowest BCUT2D eigenvalue weighted by Gasteiger charge is -2.32. The van der Waals surface area contributed by atoms with Crippen molar-refractivity contribution in [3.8, 4) is 0 Å². The van der Waals surface area contributed by atoms with Gasteiger partial charge in [0.05, 0.1) is 10.8 Å². The van der Waals surface area contributed by atoms with Gasteiger partial charge in [0.25, 0.3) is 0 Å². The fourth-order valence-electron chi connectivity index (χ4n) is 3.39. The molecule has 3 unspecified atom stereocenters. The van der Waals surface area contributed by atoms with Crippen LogP contribution in [0.25, 0.3) is 0 Å². The summed E-state index contributed by atoms with van der Waals surface area (Å²) in [7, 11) is -0.828. The Hall–Kier alpha value is -0.670. The predicted molar refractivity (Wildman–Crippen MR) is 80.0 cm³/mol. The van der Waals surface area contributed by atoms with Crippen LogP contribution in [-0.4, -0.2) is 15.5 Å². The summed E-state index contributed by atoms with van der Waals surface area (Å²) in [6.07, 6.45) is 4.59. The topological polar surface area (TPSA) is 29.1 Å². The quantitative estimate of drug-likeness (QED) is 0.900. The maximum Gasteiger partial charge on any atom is 0.0562 e. The molecule has 2 nitrogen and oxygen atoms in total. The number of nitrogens with one attached hydrogen (secondary N) is 1. The van der Waals surface area contributed by atoms with E-state index in [1.54, 1.807) is 0 Å². The highest BCUT2D eigenvalue weighted by Gasteiger charge is 2.31. The van der Waals surface area contributed by atoms with Gasteiger partial charge in [-0.2, -0.15) is 0 Å². The summed E-state index contributed by atoms with van der Waals surface area (Å²) in [6, 6.07) is 5.40. The van der Waals surface area contributed by atoms with Crippen molar-refractivity contribution >= 4 is 10.8 Å². The summed E-state index contributed by atoms with van der Waals surface area (Å²) in [5, 5.41) is 3.90. The first-order valence-electron chi connectivity index (χ1n) is 7.38. The molecule has 1 aliphatic heterocycles. The van der Waals surface area contributed by atoms with Crippen LogP contribution < -0.4 is 5.32 Å². The van der Waals surface area contributed by atoms with Crippen LogP contribution in [-0.2, 0) is 23.6 Å². The summed E-state index contributed by atoms with van der Waals surface area (Å²) in [5.41, 5.74) is 4.22. The molecule has 3 rings (SSSR count). The Morgan fingerprint density at radius 1 is 1.26 bits per heavy atom. The summed E-state index contributed by atoms with van der Waals surface area (Å²) >= 11 is 0. The molecular weight excluding hydrogens is 254 g/mol. The van der Waals surface area contributed by atoms with Gasteiger partial charge in [-0.3, -0.25) is 4.21 Å². The van der Waals surface area contributed by atoms with Gasteiger partial charge in [0.1, 0.15) is 0 Å². The Balaban J connectivity index is 2.06. The normalized spacial score (nSPS) is 29.4. The molecule has 3 atom stereocenters. The number of hydrogen-bond donors (Lipinski definition) is 1. The van der Waals surface area contributed by atoms with Crippen molar-refractivity contribution in [1.82, 2.24) is 5.32 Å². The minimum absolute atomic E-state index is 0.253. The third-order valence-corrected chi connectivity index (χ3v) is 5.99. The minimum Gasteiger partial charge on any atom is -0.308 e. The van der Waals surface area contributed by atoms with Crippen molar-refractivity contribution in [2.45, 2.75) is 68.7 Å². The van der Waals surface area contributed by atoms with Crippen LogP contribution in [0.3, 0.4) is 0 Å². The van der Waals surface area contributed by atoms with E-state index >= 15 is 0 Å². The predicted octanol–water partition coefficient (Wildman–Crippen LogP) is 3.11.